The third-order valence-corrected chi connectivity index (χ3v) is 5.32. The number of alkyl halides is 1. The Morgan fingerprint density at radius 3 is 1.69 bits per heavy atom. The average Bonchev–Trinajstić information content (AvgIpc) is 2.75. The number of likely N-dealkylation sites (N-methyl/N-ethyl adjacent to an activating group) is 1. The van der Waals surface area contributed by atoms with Crippen molar-refractivity contribution in [3.05, 3.63) is 97.1 Å². The zero-order chi connectivity index (χ0) is 21.4. The minimum Gasteiger partial charge on any atom is -0.348 e. The fraction of sp³-hybridized carbons (Fsp3) is 0.250. The maximum atomic E-state index is 13.7. The molecule has 0 aliphatic carbocycles. The highest BCUT2D eigenvalue weighted by Crippen LogP contribution is 2.41. The number of hydrogen-bond acceptors (Lipinski definition) is 2. The Morgan fingerprint density at radius 1 is 0.931 bits per heavy atom. The molecule has 2 amide bonds. The molecular weight excluding hydrogens is 384 g/mol. The van der Waals surface area contributed by atoms with E-state index in [1.165, 1.54) is 4.90 Å². The molecule has 0 heterocycles. The molecule has 5 heteroatoms. The quantitative estimate of drug-likeness (QED) is 0.465. The normalized spacial score (nSPS) is 12.0. The first-order valence-electron chi connectivity index (χ1n) is 9.38. The van der Waals surface area contributed by atoms with Crippen LogP contribution in [0.1, 0.15) is 11.1 Å². The molecule has 0 radical (unpaired) electrons. The third kappa shape index (κ3) is 4.43. The smallest absolute Gasteiger partial charge is 0.243 e. The van der Waals surface area contributed by atoms with Crippen LogP contribution in [0.4, 0.5) is 0 Å². The van der Waals surface area contributed by atoms with Crippen LogP contribution in [-0.2, 0) is 15.0 Å². The Morgan fingerprint density at radius 2 is 1.34 bits per heavy atom. The van der Waals surface area contributed by atoms with Crippen LogP contribution in [-0.4, -0.2) is 54.2 Å². The van der Waals surface area contributed by atoms with Crippen molar-refractivity contribution in [2.45, 2.75) is 10.8 Å². The lowest BCUT2D eigenvalue weighted by Crippen LogP contribution is -2.56. The Bertz CT molecular complexity index is 800. The van der Waals surface area contributed by atoms with E-state index in [0.29, 0.717) is 24.2 Å². The number of rotatable bonds is 9. The Kier molecular flexibility index (Phi) is 7.80. The standard InChI is InChI=1S/C24H27ClN2O2/c1-5-17-27(18-6-2)22(28)21(25)24(23(29)26(3)4,19-13-9-7-10-14-19)20-15-11-8-12-16-20/h5-16,21H,1-2,17-18H2,3-4H3. The van der Waals surface area contributed by atoms with E-state index in [1.807, 2.05) is 60.7 Å². The van der Waals surface area contributed by atoms with Crippen molar-refractivity contribution in [3.63, 3.8) is 0 Å². The molecule has 152 valence electrons. The predicted octanol–water partition coefficient (Wildman–Crippen LogP) is 3.87. The third-order valence-electron chi connectivity index (χ3n) is 4.81. The van der Waals surface area contributed by atoms with E-state index < -0.39 is 10.8 Å². The second-order valence-electron chi connectivity index (χ2n) is 6.92. The van der Waals surface area contributed by atoms with Crippen molar-refractivity contribution >= 4 is 23.4 Å². The van der Waals surface area contributed by atoms with Gasteiger partial charge in [-0.3, -0.25) is 9.59 Å². The van der Waals surface area contributed by atoms with Crippen LogP contribution in [0, 0.1) is 0 Å². The first-order chi connectivity index (χ1) is 13.9. The maximum absolute atomic E-state index is 13.7. The van der Waals surface area contributed by atoms with E-state index in [4.69, 9.17) is 11.6 Å². The SMILES string of the molecule is C=CCN(CC=C)C(=O)C(Cl)C(C(=O)N(C)C)(c1ccccc1)c1ccccc1. The van der Waals surface area contributed by atoms with Gasteiger partial charge in [0.1, 0.15) is 10.8 Å². The molecule has 0 N–H and O–H groups in total. The Balaban J connectivity index is 2.77. The molecule has 0 aliphatic rings. The minimum absolute atomic E-state index is 0.264. The van der Waals surface area contributed by atoms with Crippen LogP contribution in [0.15, 0.2) is 86.0 Å². The first-order valence-corrected chi connectivity index (χ1v) is 9.82. The summed E-state index contributed by atoms with van der Waals surface area (Å²) in [4.78, 5) is 30.2. The van der Waals surface area contributed by atoms with Crippen molar-refractivity contribution in [1.29, 1.82) is 0 Å². The molecule has 1 unspecified atom stereocenters. The molecule has 0 spiro atoms. The van der Waals surface area contributed by atoms with Crippen molar-refractivity contribution < 1.29 is 9.59 Å². The molecule has 1 atom stereocenters. The highest BCUT2D eigenvalue weighted by molar-refractivity contribution is 6.34. The maximum Gasteiger partial charge on any atom is 0.243 e. The minimum atomic E-state index is -1.38. The zero-order valence-corrected chi connectivity index (χ0v) is 17.7. The monoisotopic (exact) mass is 410 g/mol. The van der Waals surface area contributed by atoms with Crippen molar-refractivity contribution in [2.24, 2.45) is 0 Å². The molecule has 2 rings (SSSR count). The van der Waals surface area contributed by atoms with E-state index in [-0.39, 0.29) is 11.8 Å². The van der Waals surface area contributed by atoms with Crippen LogP contribution < -0.4 is 0 Å². The van der Waals surface area contributed by atoms with E-state index in [2.05, 4.69) is 13.2 Å². The molecule has 0 fully saturated rings. The second-order valence-corrected chi connectivity index (χ2v) is 7.36. The molecule has 2 aromatic carbocycles. The average molecular weight is 411 g/mol. The molecular formula is C24H27ClN2O2. The van der Waals surface area contributed by atoms with Gasteiger partial charge < -0.3 is 9.80 Å². The van der Waals surface area contributed by atoms with Gasteiger partial charge in [0.05, 0.1) is 0 Å². The van der Waals surface area contributed by atoms with E-state index in [9.17, 15) is 9.59 Å². The molecule has 0 saturated heterocycles. The molecule has 4 nitrogen and oxygen atoms in total. The van der Waals surface area contributed by atoms with Crippen LogP contribution in [0.25, 0.3) is 0 Å². The van der Waals surface area contributed by atoms with Gasteiger partial charge in [0.25, 0.3) is 0 Å². The number of benzene rings is 2. The summed E-state index contributed by atoms with van der Waals surface area (Å²) in [7, 11) is 3.34. The largest absolute Gasteiger partial charge is 0.348 e. The van der Waals surface area contributed by atoms with E-state index >= 15 is 0 Å². The van der Waals surface area contributed by atoms with Crippen molar-refractivity contribution in [3.8, 4) is 0 Å². The van der Waals surface area contributed by atoms with Gasteiger partial charge in [-0.2, -0.15) is 0 Å². The number of halogens is 1. The van der Waals surface area contributed by atoms with Gasteiger partial charge in [0, 0.05) is 27.2 Å². The number of carbonyl (C=O) groups excluding carboxylic acids is 2. The fourth-order valence-corrected chi connectivity index (χ4v) is 3.96. The molecule has 0 saturated carbocycles. The van der Waals surface area contributed by atoms with Gasteiger partial charge in [-0.15, -0.1) is 24.8 Å². The molecule has 2 aromatic rings. The molecule has 0 aromatic heterocycles. The van der Waals surface area contributed by atoms with Crippen molar-refractivity contribution in [1.82, 2.24) is 9.80 Å². The number of hydrogen-bond donors (Lipinski definition) is 0. The van der Waals surface area contributed by atoms with Gasteiger partial charge in [0.15, 0.2) is 0 Å². The molecule has 0 bridgehead atoms. The van der Waals surface area contributed by atoms with E-state index in [0.717, 1.165) is 0 Å². The van der Waals surface area contributed by atoms with Gasteiger partial charge in [-0.25, -0.2) is 0 Å². The summed E-state index contributed by atoms with van der Waals surface area (Å²) in [5, 5.41) is -1.16. The van der Waals surface area contributed by atoms with Crippen LogP contribution in [0.3, 0.4) is 0 Å². The summed E-state index contributed by atoms with van der Waals surface area (Å²) < 4.78 is 0. The lowest BCUT2D eigenvalue weighted by molar-refractivity contribution is -0.139. The lowest BCUT2D eigenvalue weighted by Gasteiger charge is -2.40. The highest BCUT2D eigenvalue weighted by atomic mass is 35.5. The summed E-state index contributed by atoms with van der Waals surface area (Å²) in [6, 6.07) is 18.4. The zero-order valence-electron chi connectivity index (χ0n) is 16.9. The summed E-state index contributed by atoms with van der Waals surface area (Å²) in [5.74, 6) is -0.616. The lowest BCUT2D eigenvalue weighted by atomic mass is 9.70. The summed E-state index contributed by atoms with van der Waals surface area (Å²) in [6.45, 7) is 8.06. The Labute approximate surface area is 178 Å². The summed E-state index contributed by atoms with van der Waals surface area (Å²) in [6.07, 6.45) is 3.26. The van der Waals surface area contributed by atoms with Gasteiger partial charge in [-0.1, -0.05) is 72.8 Å². The van der Waals surface area contributed by atoms with Crippen LogP contribution in [0.5, 0.6) is 0 Å². The van der Waals surface area contributed by atoms with Crippen LogP contribution in [0.2, 0.25) is 0 Å². The number of amides is 2. The highest BCUT2D eigenvalue weighted by Gasteiger charge is 2.52. The fourth-order valence-electron chi connectivity index (χ4n) is 3.48. The Hall–Kier alpha value is -2.85. The summed E-state index contributed by atoms with van der Waals surface area (Å²) >= 11 is 6.92. The summed E-state index contributed by atoms with van der Waals surface area (Å²) in [5.41, 5.74) is -0.0589. The second kappa shape index (κ2) is 10.1. The van der Waals surface area contributed by atoms with E-state index in [1.54, 1.807) is 31.1 Å². The van der Waals surface area contributed by atoms with Crippen LogP contribution >= 0.6 is 11.6 Å². The molecule has 29 heavy (non-hydrogen) atoms. The molecule has 0 aliphatic heterocycles. The number of nitrogens with zero attached hydrogens (tertiary/aromatic N) is 2. The van der Waals surface area contributed by atoms with Crippen molar-refractivity contribution in [2.75, 3.05) is 27.2 Å². The predicted molar refractivity (Wildman–Crippen MR) is 119 cm³/mol. The van der Waals surface area contributed by atoms with Gasteiger partial charge in [-0.05, 0) is 11.1 Å². The first kappa shape index (κ1) is 22.4. The number of carbonyl (C=O) groups is 2. The topological polar surface area (TPSA) is 40.6 Å². The van der Waals surface area contributed by atoms with Gasteiger partial charge >= 0.3 is 0 Å². The van der Waals surface area contributed by atoms with Gasteiger partial charge in [0.2, 0.25) is 11.8 Å².